The molecular formula is C23H38O2. The van der Waals surface area contributed by atoms with Crippen LogP contribution < -0.4 is 0 Å². The molecular weight excluding hydrogens is 308 g/mol. The molecule has 0 amide bonds. The number of aliphatic hydroxyl groups excluding tert-OH is 1. The Balaban J connectivity index is 1.88. The van der Waals surface area contributed by atoms with E-state index in [1.165, 1.54) is 32.1 Å². The lowest BCUT2D eigenvalue weighted by molar-refractivity contribution is -0.121. The summed E-state index contributed by atoms with van der Waals surface area (Å²) in [5, 5.41) is 10.6. The van der Waals surface area contributed by atoms with Gasteiger partial charge in [0.05, 0.1) is 6.10 Å². The third kappa shape index (κ3) is 5.06. The molecule has 0 saturated heterocycles. The average Bonchev–Trinajstić information content (AvgIpc) is 2.81. The number of aliphatic hydroxyl groups is 1. The van der Waals surface area contributed by atoms with Gasteiger partial charge >= 0.3 is 0 Å². The predicted octanol–water partition coefficient (Wildman–Crippen LogP) is 5.85. The quantitative estimate of drug-likeness (QED) is 0.398. The molecule has 0 radical (unpaired) electrons. The number of unbranched alkanes of at least 4 members (excludes halogenated alkanes) is 2. The van der Waals surface area contributed by atoms with Gasteiger partial charge in [0.25, 0.3) is 0 Å². The second-order valence-corrected chi connectivity index (χ2v) is 8.43. The van der Waals surface area contributed by atoms with E-state index in [2.05, 4.69) is 45.1 Å². The van der Waals surface area contributed by atoms with Crippen LogP contribution >= 0.6 is 0 Å². The maximum atomic E-state index is 12.4. The molecule has 0 spiro atoms. The molecule has 0 heterocycles. The van der Waals surface area contributed by atoms with Crippen LogP contribution in [0.5, 0.6) is 0 Å². The maximum Gasteiger partial charge on any atom is 0.137 e. The fourth-order valence-electron chi connectivity index (χ4n) is 4.68. The van der Waals surface area contributed by atoms with Gasteiger partial charge in [0.2, 0.25) is 0 Å². The molecule has 4 atom stereocenters. The van der Waals surface area contributed by atoms with Crippen LogP contribution in [0.1, 0.15) is 85.0 Å². The summed E-state index contributed by atoms with van der Waals surface area (Å²) in [6.07, 6.45) is 19.2. The molecule has 2 unspecified atom stereocenters. The summed E-state index contributed by atoms with van der Waals surface area (Å²) in [5.41, 5.74) is 0.170. The Morgan fingerprint density at radius 3 is 2.60 bits per heavy atom. The fraction of sp³-hybridized carbons (Fsp3) is 0.783. The van der Waals surface area contributed by atoms with Crippen LogP contribution in [0.15, 0.2) is 24.3 Å². The number of ketones is 1. The smallest absolute Gasteiger partial charge is 0.137 e. The zero-order valence-corrected chi connectivity index (χ0v) is 16.5. The van der Waals surface area contributed by atoms with E-state index in [1.807, 2.05) is 0 Å². The van der Waals surface area contributed by atoms with Crippen molar-refractivity contribution in [3.63, 3.8) is 0 Å². The van der Waals surface area contributed by atoms with Crippen LogP contribution in [-0.4, -0.2) is 17.0 Å². The monoisotopic (exact) mass is 346 g/mol. The van der Waals surface area contributed by atoms with Crippen molar-refractivity contribution in [1.29, 1.82) is 0 Å². The number of carbonyl (C=O) groups is 1. The molecule has 0 bridgehead atoms. The SMILES string of the molecule is CCCC/C=C\C[C@H]1C(=O)C[C@@H](C)C1/C=C/CC(O)C1(CC)CCC1. The molecule has 2 nitrogen and oxygen atoms in total. The third-order valence-corrected chi connectivity index (χ3v) is 6.82. The predicted molar refractivity (Wildman–Crippen MR) is 105 cm³/mol. The van der Waals surface area contributed by atoms with Gasteiger partial charge in [-0.1, -0.05) is 64.3 Å². The van der Waals surface area contributed by atoms with Crippen molar-refractivity contribution in [3.05, 3.63) is 24.3 Å². The molecule has 2 heteroatoms. The molecule has 142 valence electrons. The molecule has 0 aromatic carbocycles. The van der Waals surface area contributed by atoms with E-state index in [-0.39, 0.29) is 17.4 Å². The summed E-state index contributed by atoms with van der Waals surface area (Å²) >= 11 is 0. The van der Waals surface area contributed by atoms with Gasteiger partial charge in [-0.3, -0.25) is 4.79 Å². The molecule has 25 heavy (non-hydrogen) atoms. The van der Waals surface area contributed by atoms with Crippen molar-refractivity contribution in [3.8, 4) is 0 Å². The normalized spacial score (nSPS) is 30.2. The number of rotatable bonds is 10. The van der Waals surface area contributed by atoms with E-state index in [0.29, 0.717) is 24.0 Å². The molecule has 0 aliphatic heterocycles. The van der Waals surface area contributed by atoms with Crippen LogP contribution in [0.2, 0.25) is 0 Å². The molecule has 2 fully saturated rings. The second kappa shape index (κ2) is 9.71. The lowest BCUT2D eigenvalue weighted by Crippen LogP contribution is -2.40. The first-order chi connectivity index (χ1) is 12.0. The van der Waals surface area contributed by atoms with E-state index in [4.69, 9.17) is 0 Å². The van der Waals surface area contributed by atoms with Crippen molar-refractivity contribution in [2.75, 3.05) is 0 Å². The Morgan fingerprint density at radius 1 is 1.24 bits per heavy atom. The number of hydrogen-bond donors (Lipinski definition) is 1. The number of hydrogen-bond acceptors (Lipinski definition) is 2. The molecule has 2 aliphatic carbocycles. The molecule has 0 aromatic rings. The number of carbonyl (C=O) groups excluding carboxylic acids is 1. The largest absolute Gasteiger partial charge is 0.392 e. The summed E-state index contributed by atoms with van der Waals surface area (Å²) in [7, 11) is 0. The topological polar surface area (TPSA) is 37.3 Å². The first-order valence-electron chi connectivity index (χ1n) is 10.6. The summed E-state index contributed by atoms with van der Waals surface area (Å²) < 4.78 is 0. The van der Waals surface area contributed by atoms with Gasteiger partial charge in [-0.15, -0.1) is 0 Å². The lowest BCUT2D eigenvalue weighted by atomic mass is 9.63. The highest BCUT2D eigenvalue weighted by atomic mass is 16.3. The van der Waals surface area contributed by atoms with E-state index in [1.54, 1.807) is 0 Å². The van der Waals surface area contributed by atoms with E-state index >= 15 is 0 Å². The molecule has 2 saturated carbocycles. The van der Waals surface area contributed by atoms with Gasteiger partial charge < -0.3 is 5.11 Å². The lowest BCUT2D eigenvalue weighted by Gasteiger charge is -2.45. The number of Topliss-reactive ketones (excluding diaryl/α,β-unsaturated/α-hetero) is 1. The van der Waals surface area contributed by atoms with Crippen molar-refractivity contribution >= 4 is 5.78 Å². The van der Waals surface area contributed by atoms with Crippen LogP contribution in [0.25, 0.3) is 0 Å². The molecule has 2 rings (SSSR count). The van der Waals surface area contributed by atoms with Crippen LogP contribution in [0, 0.1) is 23.2 Å². The van der Waals surface area contributed by atoms with Crippen LogP contribution in [0.4, 0.5) is 0 Å². The Kier molecular flexibility index (Phi) is 7.93. The minimum absolute atomic E-state index is 0.144. The van der Waals surface area contributed by atoms with Gasteiger partial charge in [0.1, 0.15) is 5.78 Å². The van der Waals surface area contributed by atoms with Gasteiger partial charge in [-0.25, -0.2) is 0 Å². The highest BCUT2D eigenvalue weighted by molar-refractivity contribution is 5.84. The minimum atomic E-state index is -0.220. The number of allylic oxidation sites excluding steroid dienone is 3. The van der Waals surface area contributed by atoms with Gasteiger partial charge in [0, 0.05) is 12.3 Å². The van der Waals surface area contributed by atoms with E-state index < -0.39 is 0 Å². The van der Waals surface area contributed by atoms with Gasteiger partial charge in [-0.2, -0.15) is 0 Å². The summed E-state index contributed by atoms with van der Waals surface area (Å²) in [6, 6.07) is 0. The highest BCUT2D eigenvalue weighted by Gasteiger charge is 2.41. The summed E-state index contributed by atoms with van der Waals surface area (Å²) in [6.45, 7) is 6.60. The summed E-state index contributed by atoms with van der Waals surface area (Å²) in [4.78, 5) is 12.4. The van der Waals surface area contributed by atoms with Crippen molar-refractivity contribution < 1.29 is 9.90 Å². The summed E-state index contributed by atoms with van der Waals surface area (Å²) in [5.74, 6) is 1.34. The average molecular weight is 347 g/mol. The minimum Gasteiger partial charge on any atom is -0.392 e. The van der Waals surface area contributed by atoms with Gasteiger partial charge in [-0.05, 0) is 55.8 Å². The Hall–Kier alpha value is -0.890. The fourth-order valence-corrected chi connectivity index (χ4v) is 4.68. The first kappa shape index (κ1) is 20.4. The van der Waals surface area contributed by atoms with E-state index in [9.17, 15) is 9.90 Å². The molecule has 2 aliphatic rings. The second-order valence-electron chi connectivity index (χ2n) is 8.43. The Bertz CT molecular complexity index is 467. The van der Waals surface area contributed by atoms with Crippen LogP contribution in [-0.2, 0) is 4.79 Å². The van der Waals surface area contributed by atoms with Crippen molar-refractivity contribution in [1.82, 2.24) is 0 Å². The van der Waals surface area contributed by atoms with Crippen molar-refractivity contribution in [2.24, 2.45) is 23.2 Å². The van der Waals surface area contributed by atoms with E-state index in [0.717, 1.165) is 25.7 Å². The standard InChI is InChI=1S/C23H38O2/c1-4-6-7-8-9-12-20-19(18(3)17-21(20)24)13-10-14-22(25)23(5-2)15-11-16-23/h8-10,13,18-20,22,25H,4-7,11-12,14-17H2,1-3H3/b9-8-,13-10+/t18-,19?,20-,22?/m1/s1. The zero-order chi connectivity index (χ0) is 18.3. The third-order valence-electron chi connectivity index (χ3n) is 6.82. The maximum absolute atomic E-state index is 12.4. The highest BCUT2D eigenvalue weighted by Crippen LogP contribution is 2.47. The molecule has 0 aromatic heterocycles. The first-order valence-corrected chi connectivity index (χ1v) is 10.6. The zero-order valence-electron chi connectivity index (χ0n) is 16.5. The van der Waals surface area contributed by atoms with Gasteiger partial charge in [0.15, 0.2) is 0 Å². The van der Waals surface area contributed by atoms with Crippen LogP contribution in [0.3, 0.4) is 0 Å². The Morgan fingerprint density at radius 2 is 2.00 bits per heavy atom. The van der Waals surface area contributed by atoms with Crippen molar-refractivity contribution in [2.45, 2.75) is 91.1 Å². The molecule has 1 N–H and O–H groups in total. The Labute approximate surface area is 154 Å².